The molecule has 0 fully saturated rings. The number of likely N-dealkylation sites (N-methyl/N-ethyl adjacent to an activating group) is 1. The highest BCUT2D eigenvalue weighted by Gasteiger charge is 2.22. The van der Waals surface area contributed by atoms with Crippen molar-refractivity contribution in [1.29, 1.82) is 0 Å². The van der Waals surface area contributed by atoms with Crippen LogP contribution in [0.25, 0.3) is 0 Å². The van der Waals surface area contributed by atoms with Gasteiger partial charge in [0.05, 0.1) is 12.0 Å². The lowest BCUT2D eigenvalue weighted by atomic mass is 10.1. The molecule has 2 aromatic carbocycles. The minimum absolute atomic E-state index is 0.199. The van der Waals surface area contributed by atoms with Crippen molar-refractivity contribution in [3.63, 3.8) is 0 Å². The van der Waals surface area contributed by atoms with E-state index in [1.807, 2.05) is 31.2 Å². The average molecular weight is 376 g/mol. The molecule has 2 rings (SSSR count). The molecule has 0 heterocycles. The third-order valence-electron chi connectivity index (χ3n) is 3.97. The van der Waals surface area contributed by atoms with Crippen LogP contribution in [0.2, 0.25) is 0 Å². The van der Waals surface area contributed by atoms with Gasteiger partial charge in [0.15, 0.2) is 0 Å². The van der Waals surface area contributed by atoms with Crippen LogP contribution in [0.3, 0.4) is 0 Å². The number of hydrogen-bond acceptors (Lipinski definition) is 4. The molecule has 6 nitrogen and oxygen atoms in total. The summed E-state index contributed by atoms with van der Waals surface area (Å²) in [6, 6.07) is 13.8. The maximum Gasteiger partial charge on any atom is 0.243 e. The Hall–Kier alpha value is -2.38. The first-order chi connectivity index (χ1) is 12.4. The first-order valence-corrected chi connectivity index (χ1v) is 9.81. The normalized spacial score (nSPS) is 11.4. The van der Waals surface area contributed by atoms with Crippen LogP contribution in [-0.2, 0) is 21.2 Å². The molecule has 0 radical (unpaired) electrons. The molecule has 140 valence electrons. The Morgan fingerprint density at radius 3 is 2.19 bits per heavy atom. The third kappa shape index (κ3) is 5.06. The van der Waals surface area contributed by atoms with E-state index in [0.717, 1.165) is 11.3 Å². The number of carbonyl (C=O) groups is 1. The monoisotopic (exact) mass is 376 g/mol. The van der Waals surface area contributed by atoms with E-state index in [4.69, 9.17) is 4.74 Å². The van der Waals surface area contributed by atoms with E-state index in [0.29, 0.717) is 25.2 Å². The minimum Gasteiger partial charge on any atom is -0.497 e. The minimum atomic E-state index is -3.58. The van der Waals surface area contributed by atoms with Crippen LogP contribution >= 0.6 is 0 Å². The number of rotatable bonds is 8. The number of amides is 1. The molecule has 26 heavy (non-hydrogen) atoms. The number of nitrogens with one attached hydrogen (secondary N) is 1. The molecule has 0 unspecified atom stereocenters. The molecule has 0 aliphatic heterocycles. The summed E-state index contributed by atoms with van der Waals surface area (Å²) in [6.45, 7) is 3.99. The second-order valence-electron chi connectivity index (χ2n) is 5.80. The van der Waals surface area contributed by atoms with Gasteiger partial charge in [-0.25, -0.2) is 8.42 Å². The van der Waals surface area contributed by atoms with Gasteiger partial charge in [0.25, 0.3) is 0 Å². The quantitative estimate of drug-likeness (QED) is 0.769. The lowest BCUT2D eigenvalue weighted by molar-refractivity contribution is -0.114. The van der Waals surface area contributed by atoms with E-state index >= 15 is 0 Å². The summed E-state index contributed by atoms with van der Waals surface area (Å²) >= 11 is 0. The van der Waals surface area contributed by atoms with Crippen LogP contribution in [0.1, 0.15) is 19.4 Å². The Kier molecular flexibility index (Phi) is 6.76. The summed E-state index contributed by atoms with van der Waals surface area (Å²) < 4.78 is 32.3. The number of anilines is 1. The fraction of sp³-hybridized carbons (Fsp3) is 0.316. The van der Waals surface area contributed by atoms with E-state index in [9.17, 15) is 13.2 Å². The Balaban J connectivity index is 2.09. The number of hydrogen-bond donors (Lipinski definition) is 1. The zero-order chi connectivity index (χ0) is 19.2. The molecule has 0 saturated carbocycles. The Labute approximate surface area is 154 Å². The second-order valence-corrected chi connectivity index (χ2v) is 7.74. The van der Waals surface area contributed by atoms with Gasteiger partial charge in [-0.15, -0.1) is 0 Å². The van der Waals surface area contributed by atoms with Gasteiger partial charge in [-0.3, -0.25) is 4.79 Å². The van der Waals surface area contributed by atoms with Crippen LogP contribution in [0.5, 0.6) is 5.75 Å². The van der Waals surface area contributed by atoms with Gasteiger partial charge in [-0.05, 0) is 48.4 Å². The maximum absolute atomic E-state index is 12.8. The number of nitrogens with zero attached hydrogens (tertiary/aromatic N) is 1. The molecular weight excluding hydrogens is 352 g/mol. The predicted molar refractivity (Wildman–Crippen MR) is 102 cm³/mol. The summed E-state index contributed by atoms with van der Waals surface area (Å²) in [7, 11) is -1.97. The molecule has 2 aromatic rings. The molecule has 0 saturated heterocycles. The highest BCUT2D eigenvalue weighted by Crippen LogP contribution is 2.19. The lowest BCUT2D eigenvalue weighted by Gasteiger charge is -2.20. The fourth-order valence-electron chi connectivity index (χ4n) is 2.56. The first-order valence-electron chi connectivity index (χ1n) is 8.37. The van der Waals surface area contributed by atoms with Gasteiger partial charge in [0, 0.05) is 25.7 Å². The van der Waals surface area contributed by atoms with Crippen molar-refractivity contribution in [1.82, 2.24) is 4.31 Å². The summed E-state index contributed by atoms with van der Waals surface area (Å²) in [5.74, 6) is 0.572. The molecule has 0 bridgehead atoms. The van der Waals surface area contributed by atoms with E-state index in [1.165, 1.54) is 23.4 Å². The average Bonchev–Trinajstić information content (AvgIpc) is 2.62. The van der Waals surface area contributed by atoms with Crippen molar-refractivity contribution in [2.45, 2.75) is 25.2 Å². The van der Waals surface area contributed by atoms with Gasteiger partial charge in [-0.1, -0.05) is 19.1 Å². The van der Waals surface area contributed by atoms with Gasteiger partial charge in [-0.2, -0.15) is 4.31 Å². The van der Waals surface area contributed by atoms with Crippen molar-refractivity contribution in [2.75, 3.05) is 25.5 Å². The van der Waals surface area contributed by atoms with E-state index in [-0.39, 0.29) is 10.8 Å². The fourth-order valence-corrected chi connectivity index (χ4v) is 4.01. The summed E-state index contributed by atoms with van der Waals surface area (Å²) in [5, 5.41) is 2.63. The topological polar surface area (TPSA) is 75.7 Å². The standard InChI is InChI=1S/C19H24N2O4S/c1-4-21(14-13-16-5-9-18(25-3)10-6-16)26(23,24)19-11-7-17(8-12-19)20-15(2)22/h5-12H,4,13-14H2,1-3H3,(H,20,22). The first kappa shape index (κ1) is 19.9. The number of methoxy groups -OCH3 is 1. The number of benzene rings is 2. The van der Waals surface area contributed by atoms with E-state index in [2.05, 4.69) is 5.32 Å². The van der Waals surface area contributed by atoms with Crippen LogP contribution in [0.15, 0.2) is 53.4 Å². The summed E-state index contributed by atoms with van der Waals surface area (Å²) in [6.07, 6.45) is 0.612. The highest BCUT2D eigenvalue weighted by molar-refractivity contribution is 7.89. The lowest BCUT2D eigenvalue weighted by Crippen LogP contribution is -2.32. The van der Waals surface area contributed by atoms with Crippen molar-refractivity contribution in [3.05, 3.63) is 54.1 Å². The van der Waals surface area contributed by atoms with Gasteiger partial charge in [0.1, 0.15) is 5.75 Å². The molecule has 0 spiro atoms. The maximum atomic E-state index is 12.8. The number of ether oxygens (including phenoxy) is 1. The summed E-state index contributed by atoms with van der Waals surface area (Å²) in [5.41, 5.74) is 1.61. The molecule has 0 aliphatic rings. The Morgan fingerprint density at radius 1 is 1.08 bits per heavy atom. The van der Waals surface area contributed by atoms with Crippen LogP contribution < -0.4 is 10.1 Å². The Morgan fingerprint density at radius 2 is 1.69 bits per heavy atom. The third-order valence-corrected chi connectivity index (χ3v) is 5.96. The zero-order valence-electron chi connectivity index (χ0n) is 15.2. The van der Waals surface area contributed by atoms with Crippen LogP contribution in [-0.4, -0.2) is 38.8 Å². The van der Waals surface area contributed by atoms with Crippen molar-refractivity contribution < 1.29 is 17.9 Å². The smallest absolute Gasteiger partial charge is 0.243 e. The number of sulfonamides is 1. The largest absolute Gasteiger partial charge is 0.497 e. The molecule has 1 N–H and O–H groups in total. The molecule has 0 aliphatic carbocycles. The van der Waals surface area contributed by atoms with Gasteiger partial charge in [0.2, 0.25) is 15.9 Å². The molecular formula is C19H24N2O4S. The van der Waals surface area contributed by atoms with Crippen LogP contribution in [0, 0.1) is 0 Å². The predicted octanol–water partition coefficient (Wildman–Crippen LogP) is 2.91. The van der Waals surface area contributed by atoms with Crippen LogP contribution in [0.4, 0.5) is 5.69 Å². The SMILES string of the molecule is CCN(CCc1ccc(OC)cc1)S(=O)(=O)c1ccc(NC(C)=O)cc1. The van der Waals surface area contributed by atoms with E-state index in [1.54, 1.807) is 19.2 Å². The molecule has 0 aromatic heterocycles. The van der Waals surface area contributed by atoms with Gasteiger partial charge >= 0.3 is 0 Å². The Bertz CT molecular complexity index is 831. The zero-order valence-corrected chi connectivity index (χ0v) is 16.0. The van der Waals surface area contributed by atoms with Crippen molar-refractivity contribution in [3.8, 4) is 5.75 Å². The van der Waals surface area contributed by atoms with Gasteiger partial charge < -0.3 is 10.1 Å². The molecule has 1 amide bonds. The van der Waals surface area contributed by atoms with Crippen molar-refractivity contribution in [2.24, 2.45) is 0 Å². The summed E-state index contributed by atoms with van der Waals surface area (Å²) in [4.78, 5) is 11.3. The molecule has 7 heteroatoms. The van der Waals surface area contributed by atoms with Crippen molar-refractivity contribution >= 4 is 21.6 Å². The molecule has 0 atom stereocenters. The second kappa shape index (κ2) is 8.82. The number of carbonyl (C=O) groups excluding carboxylic acids is 1. The highest BCUT2D eigenvalue weighted by atomic mass is 32.2. The van der Waals surface area contributed by atoms with E-state index < -0.39 is 10.0 Å².